The molecule has 0 aliphatic carbocycles. The first-order valence-electron chi connectivity index (χ1n) is 29.5. The molecule has 1 unspecified atom stereocenters. The summed E-state index contributed by atoms with van der Waals surface area (Å²) in [4.78, 5) is 95.0. The number of methoxy groups -OCH3 is 2. The summed E-state index contributed by atoms with van der Waals surface area (Å²) in [5.74, 6) is -2.45. The number of ether oxygens (including phenoxy) is 6. The fourth-order valence-corrected chi connectivity index (χ4v) is 11.7. The Bertz CT molecular complexity index is 3420. The summed E-state index contributed by atoms with van der Waals surface area (Å²) in [6.07, 6.45) is 4.44. The number of rotatable bonds is 27. The molecule has 4 aliphatic rings. The Morgan fingerprint density at radius 1 is 0.640 bits per heavy atom. The van der Waals surface area contributed by atoms with E-state index in [1.807, 2.05) is 36.4 Å². The van der Waals surface area contributed by atoms with E-state index in [-0.39, 0.29) is 51.1 Å². The molecule has 4 amide bonds. The summed E-state index contributed by atoms with van der Waals surface area (Å²) in [5.41, 5.74) is 7.57. The molecule has 4 aliphatic heterocycles. The largest absolute Gasteiger partial charge is 0.476 e. The maximum Gasteiger partial charge on any atom is 0.337 e. The third-order valence-corrected chi connectivity index (χ3v) is 16.8. The molecular formula is C61H76Cl2N14O12. The highest BCUT2D eigenvalue weighted by molar-refractivity contribution is 6.31. The second-order valence-corrected chi connectivity index (χ2v) is 23.8. The molecule has 3 aromatic carbocycles. The zero-order valence-corrected chi connectivity index (χ0v) is 52.3. The first kappa shape index (κ1) is 65.6. The fraction of sp³-hybridized carbons (Fsp3) is 0.508. The first-order chi connectivity index (χ1) is 42.7. The number of amides is 4. The predicted molar refractivity (Wildman–Crippen MR) is 325 cm³/mol. The number of esters is 2. The van der Waals surface area contributed by atoms with Gasteiger partial charge in [0.05, 0.1) is 77.2 Å². The van der Waals surface area contributed by atoms with E-state index in [1.54, 1.807) is 95.8 Å². The normalized spacial score (nSPS) is 21.8. The maximum absolute atomic E-state index is 14.6. The average molecular weight is 1270 g/mol. The molecule has 28 heteroatoms. The summed E-state index contributed by atoms with van der Waals surface area (Å²) in [7, 11) is 4.23. The summed E-state index contributed by atoms with van der Waals surface area (Å²) in [6.45, 7) is 7.86. The van der Waals surface area contributed by atoms with Gasteiger partial charge in [-0.15, -0.1) is 10.2 Å². The third kappa shape index (κ3) is 15.8. The van der Waals surface area contributed by atoms with Crippen molar-refractivity contribution in [2.75, 3.05) is 47.6 Å². The maximum atomic E-state index is 14.6. The monoisotopic (exact) mass is 1270 g/mol. The van der Waals surface area contributed by atoms with Crippen molar-refractivity contribution >= 4 is 70.6 Å². The van der Waals surface area contributed by atoms with Crippen molar-refractivity contribution in [3.05, 3.63) is 129 Å². The van der Waals surface area contributed by atoms with E-state index in [0.717, 1.165) is 22.3 Å². The zero-order chi connectivity index (χ0) is 63.6. The summed E-state index contributed by atoms with van der Waals surface area (Å²) < 4.78 is 38.4. The third-order valence-electron chi connectivity index (χ3n) is 16.3. The van der Waals surface area contributed by atoms with Crippen LogP contribution in [0.5, 0.6) is 0 Å². The minimum Gasteiger partial charge on any atom is -0.476 e. The summed E-state index contributed by atoms with van der Waals surface area (Å²) >= 11 is 12.5. The number of carbonyl (C=O) groups is 6. The molecular weight excluding hydrogens is 1190 g/mol. The van der Waals surface area contributed by atoms with Crippen molar-refractivity contribution in [1.29, 1.82) is 0 Å². The van der Waals surface area contributed by atoms with Crippen LogP contribution in [0.1, 0.15) is 87.0 Å². The van der Waals surface area contributed by atoms with E-state index in [1.165, 1.54) is 21.1 Å². The Hall–Kier alpha value is -7.88. The number of carbonyl (C=O) groups excluding carboxylic acids is 6. The molecule has 0 bridgehead atoms. The molecule has 5 aromatic rings. The Labute approximate surface area is 525 Å². The van der Waals surface area contributed by atoms with E-state index < -0.39 is 95.1 Å². The molecule has 10 atom stereocenters. The number of benzene rings is 3. The van der Waals surface area contributed by atoms with Gasteiger partial charge in [0.15, 0.2) is 11.1 Å². The number of nitrogens with two attached hydrogens (primary N) is 1. The van der Waals surface area contributed by atoms with Gasteiger partial charge in [-0.05, 0) is 107 Å². The van der Waals surface area contributed by atoms with Crippen LogP contribution >= 0.6 is 23.2 Å². The van der Waals surface area contributed by atoms with Crippen LogP contribution < -0.4 is 21.7 Å². The van der Waals surface area contributed by atoms with Crippen LogP contribution in [0, 0.1) is 0 Å². The van der Waals surface area contributed by atoms with Crippen LogP contribution in [0.25, 0.3) is 0 Å². The lowest BCUT2D eigenvalue weighted by Crippen LogP contribution is -2.58. The highest BCUT2D eigenvalue weighted by Crippen LogP contribution is 2.34. The smallest absolute Gasteiger partial charge is 0.337 e. The Morgan fingerprint density at radius 2 is 1.07 bits per heavy atom. The standard InChI is InChI=1S/C61H76Cl2N14O12/c1-36(64)52(78)66-50(56(80)76-22-10-16-48(76)54-68-60(34-88-54,58(82)84-6)26-42-12-8-14-44(62)24-42)38(3)86-32-46-30-74(72-70-46)28-40-18-20-41(21-19-40)29-75-31-47(71-73-75)33-87-39(4)51(67-53(79)37(2)65-5)57(81)77-23-11-17-49(77)55-69-61(35-89-55,59(83)85-7)27-43-13-9-15-45(63)25-43/h8-9,12-15,18-21,24-25,30-31,36-39,48-51,65H,10-11,16-17,22-23,26-29,32-35,64H2,1-7H3,(H,66,78)(H,67,79)/t36-,37-,38+,39+,48-,49-,50?,51-,60+,61+/m0/s1. The molecule has 2 saturated heterocycles. The van der Waals surface area contributed by atoms with Crippen molar-refractivity contribution in [3.8, 4) is 0 Å². The molecule has 476 valence electrons. The number of aliphatic imine (C=N–C) groups is 2. The molecule has 2 fully saturated rings. The molecule has 2 aromatic heterocycles. The lowest BCUT2D eigenvalue weighted by Gasteiger charge is -2.32. The van der Waals surface area contributed by atoms with Gasteiger partial charge in [-0.1, -0.05) is 82.2 Å². The van der Waals surface area contributed by atoms with Crippen LogP contribution in [0.4, 0.5) is 0 Å². The van der Waals surface area contributed by atoms with Gasteiger partial charge in [-0.25, -0.2) is 28.9 Å². The lowest BCUT2D eigenvalue weighted by atomic mass is 9.92. The van der Waals surface area contributed by atoms with E-state index in [9.17, 15) is 28.8 Å². The Morgan fingerprint density at radius 3 is 1.46 bits per heavy atom. The van der Waals surface area contributed by atoms with Crippen molar-refractivity contribution in [2.45, 2.75) is 152 Å². The number of hydrogen-bond acceptors (Lipinski definition) is 20. The van der Waals surface area contributed by atoms with Gasteiger partial charge in [0.1, 0.15) is 48.8 Å². The molecule has 0 spiro atoms. The molecule has 5 N–H and O–H groups in total. The van der Waals surface area contributed by atoms with Gasteiger partial charge in [0.2, 0.25) is 35.4 Å². The lowest BCUT2D eigenvalue weighted by molar-refractivity contribution is -0.148. The molecule has 9 rings (SSSR count). The fourth-order valence-electron chi connectivity index (χ4n) is 11.3. The minimum atomic E-state index is -1.39. The van der Waals surface area contributed by atoms with E-state index in [4.69, 9.17) is 67.3 Å². The van der Waals surface area contributed by atoms with E-state index in [0.29, 0.717) is 73.3 Å². The number of halogens is 2. The van der Waals surface area contributed by atoms with Crippen molar-refractivity contribution < 1.29 is 57.2 Å². The summed E-state index contributed by atoms with van der Waals surface area (Å²) in [6, 6.07) is 17.1. The second-order valence-electron chi connectivity index (χ2n) is 23.0. The molecule has 0 saturated carbocycles. The van der Waals surface area contributed by atoms with Crippen LogP contribution in [-0.2, 0) is 96.3 Å². The van der Waals surface area contributed by atoms with Crippen LogP contribution in [0.15, 0.2) is 95.2 Å². The van der Waals surface area contributed by atoms with Gasteiger partial charge in [0.25, 0.3) is 0 Å². The average Bonchev–Trinajstić information content (AvgIpc) is 1.78. The molecule has 89 heavy (non-hydrogen) atoms. The molecule has 0 radical (unpaired) electrons. The molecule has 26 nitrogen and oxygen atoms in total. The number of likely N-dealkylation sites (N-methyl/N-ethyl adjacent to an activating group) is 1. The van der Waals surface area contributed by atoms with Crippen molar-refractivity contribution in [2.24, 2.45) is 15.7 Å². The van der Waals surface area contributed by atoms with E-state index >= 15 is 0 Å². The highest BCUT2D eigenvalue weighted by atomic mass is 35.5. The van der Waals surface area contributed by atoms with Crippen LogP contribution in [0.2, 0.25) is 10.0 Å². The predicted octanol–water partition coefficient (Wildman–Crippen LogP) is 3.16. The quantitative estimate of drug-likeness (QED) is 0.0549. The van der Waals surface area contributed by atoms with Crippen molar-refractivity contribution in [3.63, 3.8) is 0 Å². The van der Waals surface area contributed by atoms with Gasteiger partial charge >= 0.3 is 11.9 Å². The topological polar surface area (TPSA) is 313 Å². The van der Waals surface area contributed by atoms with Crippen LogP contribution in [-0.4, -0.2) is 194 Å². The van der Waals surface area contributed by atoms with Gasteiger partial charge in [0, 0.05) is 36.0 Å². The number of hydrogen-bond donors (Lipinski definition) is 4. The summed E-state index contributed by atoms with van der Waals surface area (Å²) in [5, 5.41) is 26.9. The van der Waals surface area contributed by atoms with E-state index in [2.05, 4.69) is 36.6 Å². The zero-order valence-electron chi connectivity index (χ0n) is 50.8. The minimum absolute atomic E-state index is 0.0154. The van der Waals surface area contributed by atoms with Gasteiger partial charge < -0.3 is 59.9 Å². The SMILES string of the molecule is CN[C@@H](C)C(=O)N[C@H](C(=O)N1CCC[C@H]1C1=N[C@@](Cc2cccc(Cl)c2)(C(=O)OC)CO1)[C@@H](C)OCc1cn(Cc2ccc(Cn3cc(CO[C@H](C)C(NC(=O)[C@H](C)N)C(=O)N4CCC[C@H]4C4=N[C@@](Cc5cccc(Cl)c5)(C(=O)OC)CO4)nn3)cc2)nn1. The van der Waals surface area contributed by atoms with Crippen molar-refractivity contribution in [1.82, 2.24) is 55.7 Å². The Kier molecular flexibility index (Phi) is 21.5. The first-order valence-corrected chi connectivity index (χ1v) is 30.3. The van der Waals surface area contributed by atoms with Crippen LogP contribution in [0.3, 0.4) is 0 Å². The second kappa shape index (κ2) is 29.2. The molecule has 6 heterocycles. The number of nitrogens with one attached hydrogen (secondary N) is 3. The Balaban J connectivity index is 0.783. The van der Waals surface area contributed by atoms with Gasteiger partial charge in [-0.2, -0.15) is 0 Å². The number of nitrogens with zero attached hydrogens (tertiary/aromatic N) is 10. The number of likely N-dealkylation sites (tertiary alicyclic amines) is 2. The number of aromatic nitrogens is 6. The highest BCUT2D eigenvalue weighted by Gasteiger charge is 2.51. The van der Waals surface area contributed by atoms with Gasteiger partial charge in [-0.3, -0.25) is 19.2 Å².